The summed E-state index contributed by atoms with van der Waals surface area (Å²) in [7, 11) is 0. The Morgan fingerprint density at radius 3 is 3.00 bits per heavy atom. The summed E-state index contributed by atoms with van der Waals surface area (Å²) in [6, 6.07) is 3.77. The van der Waals surface area contributed by atoms with Gasteiger partial charge in [-0.25, -0.2) is 4.37 Å². The third-order valence-corrected chi connectivity index (χ3v) is 1.89. The van der Waals surface area contributed by atoms with Crippen LogP contribution >= 0.6 is 11.5 Å². The summed E-state index contributed by atoms with van der Waals surface area (Å²) < 4.78 is 3.97. The lowest BCUT2D eigenvalue weighted by Crippen LogP contribution is -1.82. The fourth-order valence-corrected chi connectivity index (χ4v) is 1.32. The van der Waals surface area contributed by atoms with Crippen LogP contribution < -0.4 is 0 Å². The largest absolute Gasteiger partial charge is 0.200 e. The van der Waals surface area contributed by atoms with Crippen molar-refractivity contribution in [2.45, 2.75) is 0 Å². The van der Waals surface area contributed by atoms with E-state index in [4.69, 9.17) is 0 Å². The highest BCUT2D eigenvalue weighted by Crippen LogP contribution is 2.15. The molecular weight excluding hydrogens is 158 g/mol. The van der Waals surface area contributed by atoms with E-state index in [1.807, 2.05) is 17.5 Å². The highest BCUT2D eigenvalue weighted by atomic mass is 32.1. The highest BCUT2D eigenvalue weighted by Gasteiger charge is 1.97. The Kier molecular flexibility index (Phi) is 1.61. The molecular formula is C7H5N3S. The molecule has 0 amide bonds. The van der Waals surface area contributed by atoms with Gasteiger partial charge in [0, 0.05) is 17.1 Å². The van der Waals surface area contributed by atoms with Crippen LogP contribution in [0.2, 0.25) is 0 Å². The van der Waals surface area contributed by atoms with Gasteiger partial charge in [0.1, 0.15) is 0 Å². The first-order valence-corrected chi connectivity index (χ1v) is 3.98. The maximum absolute atomic E-state index is 3.97. The molecule has 0 N–H and O–H groups in total. The molecule has 54 valence electrons. The lowest BCUT2D eigenvalue weighted by molar-refractivity contribution is 1.04. The Hall–Kier alpha value is -1.29. The Balaban J connectivity index is 2.46. The van der Waals surface area contributed by atoms with Crippen molar-refractivity contribution in [3.8, 4) is 11.3 Å². The first-order valence-electron chi connectivity index (χ1n) is 3.14. The summed E-state index contributed by atoms with van der Waals surface area (Å²) in [6.45, 7) is 0. The molecule has 0 spiro atoms. The molecule has 0 aliphatic heterocycles. The standard InChI is InChI=1S/C7H5N3S/c1-2-7(10-8-3-1)6-4-9-11-5-6/h1-5H. The summed E-state index contributed by atoms with van der Waals surface area (Å²) in [5, 5.41) is 9.65. The van der Waals surface area contributed by atoms with E-state index < -0.39 is 0 Å². The molecule has 0 saturated heterocycles. The zero-order valence-electron chi connectivity index (χ0n) is 5.64. The molecule has 2 aromatic heterocycles. The summed E-state index contributed by atoms with van der Waals surface area (Å²) in [4.78, 5) is 0. The summed E-state index contributed by atoms with van der Waals surface area (Å²) in [5.74, 6) is 0. The molecule has 0 aromatic carbocycles. The fraction of sp³-hybridized carbons (Fsp3) is 0. The maximum atomic E-state index is 3.97. The molecule has 0 aliphatic carbocycles. The first-order chi connectivity index (χ1) is 5.47. The van der Waals surface area contributed by atoms with Gasteiger partial charge < -0.3 is 0 Å². The predicted octanol–water partition coefficient (Wildman–Crippen LogP) is 1.60. The van der Waals surface area contributed by atoms with E-state index >= 15 is 0 Å². The van der Waals surface area contributed by atoms with Gasteiger partial charge in [-0.15, -0.1) is 0 Å². The van der Waals surface area contributed by atoms with E-state index in [0.717, 1.165) is 11.3 Å². The van der Waals surface area contributed by atoms with E-state index in [0.29, 0.717) is 0 Å². The normalized spacial score (nSPS) is 9.82. The monoisotopic (exact) mass is 163 g/mol. The average Bonchev–Trinajstić information content (AvgIpc) is 2.58. The minimum atomic E-state index is 0.876. The molecule has 2 aromatic rings. The third-order valence-electron chi connectivity index (χ3n) is 1.30. The van der Waals surface area contributed by atoms with Gasteiger partial charge in [-0.3, -0.25) is 0 Å². The van der Waals surface area contributed by atoms with Crippen molar-refractivity contribution in [3.05, 3.63) is 29.9 Å². The van der Waals surface area contributed by atoms with Gasteiger partial charge in [0.25, 0.3) is 0 Å². The minimum Gasteiger partial charge on any atom is -0.200 e. The van der Waals surface area contributed by atoms with Gasteiger partial charge in [-0.1, -0.05) is 0 Å². The van der Waals surface area contributed by atoms with Crippen molar-refractivity contribution in [2.24, 2.45) is 0 Å². The molecule has 3 nitrogen and oxygen atoms in total. The second-order valence-electron chi connectivity index (χ2n) is 2.02. The Labute approximate surface area is 67.9 Å². The molecule has 0 aliphatic rings. The fourth-order valence-electron chi connectivity index (χ4n) is 0.787. The number of hydrogen-bond acceptors (Lipinski definition) is 4. The quantitative estimate of drug-likeness (QED) is 0.641. The van der Waals surface area contributed by atoms with Crippen molar-refractivity contribution >= 4 is 11.5 Å². The van der Waals surface area contributed by atoms with Crippen LogP contribution in [0.5, 0.6) is 0 Å². The van der Waals surface area contributed by atoms with Crippen LogP contribution in [0.3, 0.4) is 0 Å². The Bertz CT molecular complexity index is 317. The van der Waals surface area contributed by atoms with Gasteiger partial charge in [-0.2, -0.15) is 10.2 Å². The van der Waals surface area contributed by atoms with Crippen LogP contribution in [0.4, 0.5) is 0 Å². The predicted molar refractivity (Wildman–Crippen MR) is 43.1 cm³/mol. The van der Waals surface area contributed by atoms with E-state index in [2.05, 4.69) is 14.6 Å². The van der Waals surface area contributed by atoms with Crippen molar-refractivity contribution in [1.82, 2.24) is 14.6 Å². The van der Waals surface area contributed by atoms with Crippen molar-refractivity contribution in [1.29, 1.82) is 0 Å². The van der Waals surface area contributed by atoms with Crippen molar-refractivity contribution in [3.63, 3.8) is 0 Å². The molecule has 0 atom stereocenters. The van der Waals surface area contributed by atoms with Crippen LogP contribution in [-0.2, 0) is 0 Å². The number of nitrogens with zero attached hydrogens (tertiary/aromatic N) is 3. The summed E-state index contributed by atoms with van der Waals surface area (Å²) in [6.07, 6.45) is 3.44. The van der Waals surface area contributed by atoms with Crippen LogP contribution in [0, 0.1) is 0 Å². The molecule has 2 rings (SSSR count). The van der Waals surface area contributed by atoms with Crippen LogP contribution in [-0.4, -0.2) is 14.6 Å². The van der Waals surface area contributed by atoms with Crippen LogP contribution in [0.15, 0.2) is 29.9 Å². The molecule has 0 unspecified atom stereocenters. The lowest BCUT2D eigenvalue weighted by atomic mass is 10.2. The molecule has 0 fully saturated rings. The maximum Gasteiger partial charge on any atom is 0.0954 e. The van der Waals surface area contributed by atoms with E-state index in [-0.39, 0.29) is 0 Å². The van der Waals surface area contributed by atoms with Gasteiger partial charge in [0.05, 0.1) is 11.9 Å². The number of hydrogen-bond donors (Lipinski definition) is 0. The molecule has 0 bridgehead atoms. The second kappa shape index (κ2) is 2.75. The van der Waals surface area contributed by atoms with Crippen molar-refractivity contribution in [2.75, 3.05) is 0 Å². The van der Waals surface area contributed by atoms with Crippen molar-refractivity contribution < 1.29 is 0 Å². The van der Waals surface area contributed by atoms with E-state index in [1.165, 1.54) is 11.5 Å². The number of aromatic nitrogens is 3. The first kappa shape index (κ1) is 6.42. The smallest absolute Gasteiger partial charge is 0.0954 e. The topological polar surface area (TPSA) is 38.7 Å². The van der Waals surface area contributed by atoms with E-state index in [1.54, 1.807) is 12.4 Å². The third kappa shape index (κ3) is 1.25. The van der Waals surface area contributed by atoms with Gasteiger partial charge in [-0.05, 0) is 23.7 Å². The average molecular weight is 163 g/mol. The van der Waals surface area contributed by atoms with Gasteiger partial charge >= 0.3 is 0 Å². The SMILES string of the molecule is c1cnnc(-c2cnsc2)c1. The zero-order valence-corrected chi connectivity index (χ0v) is 6.45. The van der Waals surface area contributed by atoms with Gasteiger partial charge in [0.15, 0.2) is 0 Å². The zero-order chi connectivity index (χ0) is 7.52. The van der Waals surface area contributed by atoms with E-state index in [9.17, 15) is 0 Å². The van der Waals surface area contributed by atoms with Gasteiger partial charge in [0.2, 0.25) is 0 Å². The Morgan fingerprint density at radius 2 is 2.36 bits per heavy atom. The number of rotatable bonds is 1. The van der Waals surface area contributed by atoms with Crippen LogP contribution in [0.25, 0.3) is 11.3 Å². The molecule has 2 heterocycles. The molecule has 4 heteroatoms. The summed E-state index contributed by atoms with van der Waals surface area (Å²) >= 11 is 1.42. The van der Waals surface area contributed by atoms with Crippen LogP contribution in [0.1, 0.15) is 0 Å². The molecule has 0 radical (unpaired) electrons. The lowest BCUT2D eigenvalue weighted by Gasteiger charge is -1.90. The highest BCUT2D eigenvalue weighted by molar-refractivity contribution is 7.03. The second-order valence-corrected chi connectivity index (χ2v) is 2.68. The Morgan fingerprint density at radius 1 is 1.36 bits per heavy atom. The minimum absolute atomic E-state index is 0.876. The molecule has 0 saturated carbocycles. The molecule has 11 heavy (non-hydrogen) atoms. The summed E-state index contributed by atoms with van der Waals surface area (Å²) in [5.41, 5.74) is 1.91.